The van der Waals surface area contributed by atoms with Gasteiger partial charge in [-0.3, -0.25) is 0 Å². The van der Waals surface area contributed by atoms with Crippen LogP contribution in [0.1, 0.15) is 92.4 Å². The largest absolute Gasteiger partial charge is 0.394 e. The van der Waals surface area contributed by atoms with E-state index in [1.165, 1.54) is 0 Å². The van der Waals surface area contributed by atoms with Gasteiger partial charge in [0.2, 0.25) is 0 Å². The van der Waals surface area contributed by atoms with E-state index < -0.39 is 86.5 Å². The fraction of sp³-hybridized carbons (Fsp3) is 1.00. The molecule has 7 fully saturated rings. The predicted octanol–water partition coefficient (Wildman–Crippen LogP) is 0.395. The summed E-state index contributed by atoms with van der Waals surface area (Å²) in [6.45, 7) is 9.90. The van der Waals surface area contributed by atoms with E-state index in [0.717, 1.165) is 38.5 Å². The third-order valence-electron chi connectivity index (χ3n) is 15.7. The average Bonchev–Trinajstić information content (AvgIpc) is 3.52. The van der Waals surface area contributed by atoms with Gasteiger partial charge in [-0.25, -0.2) is 0 Å². The first-order valence-electron chi connectivity index (χ1n) is 20.3. The van der Waals surface area contributed by atoms with Crippen molar-refractivity contribution in [3.63, 3.8) is 0 Å². The summed E-state index contributed by atoms with van der Waals surface area (Å²) >= 11 is 0. The van der Waals surface area contributed by atoms with E-state index in [1.54, 1.807) is 0 Å². The van der Waals surface area contributed by atoms with Crippen molar-refractivity contribution in [1.29, 1.82) is 0 Å². The van der Waals surface area contributed by atoms with Gasteiger partial charge in [0.25, 0.3) is 0 Å². The smallest absolute Gasteiger partial charge is 0.187 e. The monoisotopic (exact) mass is 758 g/mol. The Labute approximate surface area is 312 Å². The summed E-state index contributed by atoms with van der Waals surface area (Å²) in [4.78, 5) is 0. The fourth-order valence-electron chi connectivity index (χ4n) is 12.7. The quantitative estimate of drug-likeness (QED) is 0.145. The summed E-state index contributed by atoms with van der Waals surface area (Å²) in [6.07, 6.45) is -8.50. The maximum absolute atomic E-state index is 12.0. The lowest BCUT2D eigenvalue weighted by molar-refractivity contribution is -0.373. The van der Waals surface area contributed by atoms with Crippen LogP contribution in [0, 0.1) is 52.3 Å². The molecule has 3 heterocycles. The number of fused-ring (bicyclic) bond motifs is 7. The van der Waals surface area contributed by atoms with Gasteiger partial charge in [-0.05, 0) is 91.8 Å². The maximum Gasteiger partial charge on any atom is 0.187 e. The minimum atomic E-state index is -1.74. The molecule has 9 N–H and O–H groups in total. The van der Waals surface area contributed by atoms with Crippen molar-refractivity contribution in [2.75, 3.05) is 13.2 Å². The molecule has 0 aromatic carbocycles. The van der Waals surface area contributed by atoms with E-state index in [-0.39, 0.29) is 40.8 Å². The van der Waals surface area contributed by atoms with Crippen LogP contribution < -0.4 is 0 Å². The number of hydrogen-bond donors (Lipinski definition) is 9. The van der Waals surface area contributed by atoms with Crippen LogP contribution in [0.5, 0.6) is 0 Å². The molecule has 7 aliphatic rings. The van der Waals surface area contributed by atoms with E-state index in [4.69, 9.17) is 23.7 Å². The first-order valence-corrected chi connectivity index (χ1v) is 20.3. The highest BCUT2D eigenvalue weighted by Gasteiger charge is 2.71. The molecule has 53 heavy (non-hydrogen) atoms. The van der Waals surface area contributed by atoms with E-state index in [2.05, 4.69) is 34.6 Å². The van der Waals surface area contributed by atoms with Gasteiger partial charge in [0.05, 0.1) is 31.5 Å². The highest BCUT2D eigenvalue weighted by molar-refractivity contribution is 5.18. The summed E-state index contributed by atoms with van der Waals surface area (Å²) < 4.78 is 30.4. The van der Waals surface area contributed by atoms with Crippen molar-refractivity contribution < 1.29 is 69.6 Å². The predicted molar refractivity (Wildman–Crippen MR) is 186 cm³/mol. The summed E-state index contributed by atoms with van der Waals surface area (Å²) in [5.41, 5.74) is -0.117. The van der Waals surface area contributed by atoms with Crippen LogP contribution in [0.2, 0.25) is 0 Å². The van der Waals surface area contributed by atoms with Gasteiger partial charge in [0.15, 0.2) is 18.4 Å². The number of aliphatic hydroxyl groups is 9. The molecule has 0 radical (unpaired) electrons. The molecule has 306 valence electrons. The Morgan fingerprint density at radius 3 is 2.02 bits per heavy atom. The molecule has 4 saturated carbocycles. The highest BCUT2D eigenvalue weighted by atomic mass is 16.8. The van der Waals surface area contributed by atoms with Crippen molar-refractivity contribution in [2.24, 2.45) is 52.3 Å². The first-order chi connectivity index (χ1) is 25.0. The van der Waals surface area contributed by atoms with Crippen molar-refractivity contribution in [1.82, 2.24) is 0 Å². The van der Waals surface area contributed by atoms with Crippen LogP contribution >= 0.6 is 0 Å². The Morgan fingerprint density at radius 2 is 1.36 bits per heavy atom. The first kappa shape index (κ1) is 40.6. The molecule has 4 aliphatic carbocycles. The van der Waals surface area contributed by atoms with Crippen LogP contribution in [0.4, 0.5) is 0 Å². The van der Waals surface area contributed by atoms with E-state index >= 15 is 0 Å². The summed E-state index contributed by atoms with van der Waals surface area (Å²) in [5.74, 6) is 0.445. The summed E-state index contributed by atoms with van der Waals surface area (Å²) in [7, 11) is 0. The molecular formula is C39H66O14. The highest BCUT2D eigenvalue weighted by Crippen LogP contribution is 2.71. The molecule has 3 aliphatic heterocycles. The molecule has 0 aromatic rings. The van der Waals surface area contributed by atoms with E-state index in [0.29, 0.717) is 42.9 Å². The number of hydrogen-bond acceptors (Lipinski definition) is 14. The Bertz CT molecular complexity index is 1270. The zero-order valence-electron chi connectivity index (χ0n) is 31.9. The molecule has 22 atom stereocenters. The zero-order chi connectivity index (χ0) is 38.4. The second-order valence-electron chi connectivity index (χ2n) is 18.8. The fourth-order valence-corrected chi connectivity index (χ4v) is 12.7. The van der Waals surface area contributed by atoms with Crippen molar-refractivity contribution in [2.45, 2.75) is 178 Å². The van der Waals surface area contributed by atoms with Crippen LogP contribution in [0.15, 0.2) is 0 Å². The van der Waals surface area contributed by atoms with Crippen LogP contribution in [0.3, 0.4) is 0 Å². The van der Waals surface area contributed by atoms with Gasteiger partial charge in [-0.15, -0.1) is 0 Å². The standard InChI is InChI=1S/C39H66O14/c1-17(2)8-13-39(48)18(3)25-33(53-39)29(44)26-21-7-6-19-14-20(9-11-37(19,4)22(21)10-12-38(25,26)5)49-36-34(31(46)28(43)24(16-41)51-36)52-35-32(47)30(45)27(42)23(15-40)50-35/h17-36,40-48H,6-16H2,1-5H3/t18-,19+,20+,21+,22-,23-,24+,25-,26+,27-,28+,29-,30-,31-,32+,33+,34+,35+,36+,37-,38+,39+/m1/s1. The normalized spacial score (nSPS) is 56.8. The van der Waals surface area contributed by atoms with Crippen molar-refractivity contribution >= 4 is 0 Å². The van der Waals surface area contributed by atoms with Gasteiger partial charge < -0.3 is 69.6 Å². The molecule has 14 nitrogen and oxygen atoms in total. The molecule has 0 amide bonds. The second kappa shape index (κ2) is 15.0. The van der Waals surface area contributed by atoms with Gasteiger partial charge >= 0.3 is 0 Å². The average molecular weight is 759 g/mol. The van der Waals surface area contributed by atoms with Crippen LogP contribution in [-0.4, -0.2) is 145 Å². The molecule has 14 heteroatoms. The SMILES string of the molecule is CC(C)CC[C@]1(O)O[C@@H]2[C@H](O)[C@@H]3[C@H]4CC[C@H]5C[C@@H](O[C@H]6O[C@@H](CO)[C@H](O)[C@@H](O)[C@@H]6O[C@@H]6O[C@H](CO)[C@@H](O)[C@@H](O)[C@@H]6O)CC[C@@]5(C)[C@@H]4CC[C@@]3(C)[C@@H]2[C@H]1C. The topological polar surface area (TPSA) is 228 Å². The van der Waals surface area contributed by atoms with Crippen LogP contribution in [0.25, 0.3) is 0 Å². The minimum Gasteiger partial charge on any atom is -0.394 e. The molecule has 0 unspecified atom stereocenters. The van der Waals surface area contributed by atoms with Gasteiger partial charge in [-0.2, -0.15) is 0 Å². The molecular weight excluding hydrogens is 692 g/mol. The lowest BCUT2D eigenvalue weighted by Gasteiger charge is -2.61. The van der Waals surface area contributed by atoms with E-state index in [9.17, 15) is 46.0 Å². The second-order valence-corrected chi connectivity index (χ2v) is 18.8. The van der Waals surface area contributed by atoms with Crippen LogP contribution in [-0.2, 0) is 23.7 Å². The third kappa shape index (κ3) is 6.66. The third-order valence-corrected chi connectivity index (χ3v) is 15.7. The number of aliphatic hydroxyl groups excluding tert-OH is 8. The molecule has 0 spiro atoms. The zero-order valence-corrected chi connectivity index (χ0v) is 31.9. The minimum absolute atomic E-state index is 0.00892. The molecule has 7 rings (SSSR count). The molecule has 3 saturated heterocycles. The molecule has 0 bridgehead atoms. The Balaban J connectivity index is 1.04. The van der Waals surface area contributed by atoms with Gasteiger partial charge in [0.1, 0.15) is 48.8 Å². The Hall–Kier alpha value is -0.560. The van der Waals surface area contributed by atoms with Crippen molar-refractivity contribution in [3.8, 4) is 0 Å². The van der Waals surface area contributed by atoms with Gasteiger partial charge in [-0.1, -0.05) is 34.6 Å². The van der Waals surface area contributed by atoms with Crippen molar-refractivity contribution in [3.05, 3.63) is 0 Å². The number of ether oxygens (including phenoxy) is 5. The summed E-state index contributed by atoms with van der Waals surface area (Å²) in [6, 6.07) is 0. The summed E-state index contributed by atoms with van der Waals surface area (Å²) in [5, 5.41) is 96.3. The Morgan fingerprint density at radius 1 is 0.717 bits per heavy atom. The Kier molecular flexibility index (Phi) is 11.5. The number of rotatable bonds is 9. The maximum atomic E-state index is 12.0. The lowest BCUT2D eigenvalue weighted by atomic mass is 9.44. The lowest BCUT2D eigenvalue weighted by Crippen LogP contribution is -2.65. The van der Waals surface area contributed by atoms with Gasteiger partial charge in [0, 0.05) is 18.3 Å². The molecule has 0 aromatic heterocycles. The van der Waals surface area contributed by atoms with E-state index in [1.807, 2.05) is 0 Å².